The lowest BCUT2D eigenvalue weighted by Gasteiger charge is -2.35. The van der Waals surface area contributed by atoms with Crippen LogP contribution in [0, 0.1) is 6.92 Å². The van der Waals surface area contributed by atoms with E-state index < -0.39 is 9.84 Å². The standard InChI is InChI=1S/C25H35NO3S/c1-18-8-9-19(14-23(18)29-24(2,3)4)12-13-25(5,6)26-16-20-10-11-22(30(7,27)28)15-21(20)17-26/h8-11,14-15H,12-13,16-17H2,1-7H3. The Kier molecular flexibility index (Phi) is 6.09. The molecular formula is C25H35NO3S. The summed E-state index contributed by atoms with van der Waals surface area (Å²) in [6.07, 6.45) is 3.25. The second-order valence-electron chi connectivity index (χ2n) is 10.2. The minimum Gasteiger partial charge on any atom is -0.488 e. The monoisotopic (exact) mass is 429 g/mol. The van der Waals surface area contributed by atoms with E-state index in [1.54, 1.807) is 6.07 Å². The van der Waals surface area contributed by atoms with Crippen LogP contribution in [-0.2, 0) is 29.3 Å². The largest absolute Gasteiger partial charge is 0.488 e. The summed E-state index contributed by atoms with van der Waals surface area (Å²) >= 11 is 0. The molecule has 0 unspecified atom stereocenters. The van der Waals surface area contributed by atoms with Gasteiger partial charge in [0.1, 0.15) is 11.4 Å². The first-order valence-electron chi connectivity index (χ1n) is 10.6. The lowest BCUT2D eigenvalue weighted by Crippen LogP contribution is -2.40. The molecule has 0 radical (unpaired) electrons. The molecule has 0 amide bonds. The molecule has 0 fully saturated rings. The first kappa shape index (κ1) is 22.8. The number of hydrogen-bond donors (Lipinski definition) is 0. The molecule has 0 aliphatic carbocycles. The highest BCUT2D eigenvalue weighted by Crippen LogP contribution is 2.34. The number of rotatable bonds is 6. The average molecular weight is 430 g/mol. The second kappa shape index (κ2) is 8.01. The van der Waals surface area contributed by atoms with Crippen LogP contribution in [0.25, 0.3) is 0 Å². The Morgan fingerprint density at radius 1 is 0.967 bits per heavy atom. The van der Waals surface area contributed by atoms with Crippen molar-refractivity contribution in [2.45, 2.75) is 83.5 Å². The van der Waals surface area contributed by atoms with E-state index in [4.69, 9.17) is 4.74 Å². The van der Waals surface area contributed by atoms with Gasteiger partial charge in [-0.25, -0.2) is 8.42 Å². The Labute approximate surface area is 182 Å². The molecule has 3 rings (SSSR count). The Bertz CT molecular complexity index is 1030. The topological polar surface area (TPSA) is 46.6 Å². The van der Waals surface area contributed by atoms with E-state index in [2.05, 4.69) is 64.6 Å². The number of fused-ring (bicyclic) bond motifs is 1. The van der Waals surface area contributed by atoms with Crippen molar-refractivity contribution in [3.05, 3.63) is 58.7 Å². The van der Waals surface area contributed by atoms with Crippen LogP contribution in [0.15, 0.2) is 41.3 Å². The quantitative estimate of drug-likeness (QED) is 0.625. The first-order chi connectivity index (χ1) is 13.7. The van der Waals surface area contributed by atoms with E-state index in [0.29, 0.717) is 4.90 Å². The van der Waals surface area contributed by atoms with Crippen molar-refractivity contribution in [2.24, 2.45) is 0 Å². The molecule has 164 valence electrons. The molecule has 0 spiro atoms. The van der Waals surface area contributed by atoms with Crippen LogP contribution in [-0.4, -0.2) is 30.7 Å². The molecular weight excluding hydrogens is 394 g/mol. The fraction of sp³-hybridized carbons (Fsp3) is 0.520. The van der Waals surface area contributed by atoms with Crippen molar-refractivity contribution in [1.29, 1.82) is 0 Å². The Morgan fingerprint density at radius 3 is 2.27 bits per heavy atom. The van der Waals surface area contributed by atoms with Gasteiger partial charge in [0.25, 0.3) is 0 Å². The van der Waals surface area contributed by atoms with Crippen LogP contribution < -0.4 is 4.74 Å². The molecule has 0 N–H and O–H groups in total. The van der Waals surface area contributed by atoms with Crippen LogP contribution in [0.4, 0.5) is 0 Å². The van der Waals surface area contributed by atoms with E-state index in [9.17, 15) is 8.42 Å². The zero-order valence-electron chi connectivity index (χ0n) is 19.4. The maximum atomic E-state index is 11.9. The number of sulfone groups is 1. The molecule has 0 atom stereocenters. The van der Waals surface area contributed by atoms with Gasteiger partial charge in [-0.05, 0) is 94.8 Å². The third-order valence-electron chi connectivity index (χ3n) is 5.88. The number of aryl methyl sites for hydroxylation is 2. The number of ether oxygens (including phenoxy) is 1. The van der Waals surface area contributed by atoms with E-state index in [1.165, 1.54) is 17.4 Å². The van der Waals surface area contributed by atoms with Crippen LogP contribution >= 0.6 is 0 Å². The Morgan fingerprint density at radius 2 is 1.63 bits per heavy atom. The lowest BCUT2D eigenvalue weighted by atomic mass is 9.93. The van der Waals surface area contributed by atoms with Gasteiger partial charge in [-0.2, -0.15) is 0 Å². The molecule has 1 heterocycles. The maximum Gasteiger partial charge on any atom is 0.175 e. The van der Waals surface area contributed by atoms with Crippen LogP contribution in [0.5, 0.6) is 5.75 Å². The van der Waals surface area contributed by atoms with E-state index in [1.807, 2.05) is 12.1 Å². The van der Waals surface area contributed by atoms with Crippen molar-refractivity contribution in [3.8, 4) is 5.75 Å². The van der Waals surface area contributed by atoms with Crippen LogP contribution in [0.2, 0.25) is 0 Å². The normalized spacial score (nSPS) is 15.3. The van der Waals surface area contributed by atoms with Gasteiger partial charge in [-0.15, -0.1) is 0 Å². The lowest BCUT2D eigenvalue weighted by molar-refractivity contribution is 0.109. The molecule has 2 aromatic rings. The summed E-state index contributed by atoms with van der Waals surface area (Å²) in [7, 11) is -3.17. The summed E-state index contributed by atoms with van der Waals surface area (Å²) in [5, 5.41) is 0. The number of hydrogen-bond acceptors (Lipinski definition) is 4. The van der Waals surface area contributed by atoms with Gasteiger partial charge in [-0.1, -0.05) is 18.2 Å². The third-order valence-corrected chi connectivity index (χ3v) is 6.99. The van der Waals surface area contributed by atoms with Gasteiger partial charge < -0.3 is 4.74 Å². The molecule has 0 bridgehead atoms. The van der Waals surface area contributed by atoms with Gasteiger partial charge >= 0.3 is 0 Å². The van der Waals surface area contributed by atoms with Gasteiger partial charge in [0, 0.05) is 24.9 Å². The predicted molar refractivity (Wildman–Crippen MR) is 123 cm³/mol. The van der Waals surface area contributed by atoms with E-state index in [-0.39, 0.29) is 11.1 Å². The Hall–Kier alpha value is -1.85. The minimum absolute atomic E-state index is 0.000205. The summed E-state index contributed by atoms with van der Waals surface area (Å²) in [5.41, 5.74) is 4.58. The van der Waals surface area contributed by atoms with Crippen molar-refractivity contribution >= 4 is 9.84 Å². The molecule has 0 saturated heterocycles. The molecule has 1 aliphatic rings. The smallest absolute Gasteiger partial charge is 0.175 e. The first-order valence-corrected chi connectivity index (χ1v) is 12.5. The molecule has 5 heteroatoms. The summed E-state index contributed by atoms with van der Waals surface area (Å²) in [5.74, 6) is 0.958. The van der Waals surface area contributed by atoms with Crippen molar-refractivity contribution < 1.29 is 13.2 Å². The Balaban J connectivity index is 1.69. The number of nitrogens with zero attached hydrogens (tertiary/aromatic N) is 1. The fourth-order valence-corrected chi connectivity index (χ4v) is 4.55. The van der Waals surface area contributed by atoms with E-state index >= 15 is 0 Å². The van der Waals surface area contributed by atoms with Gasteiger partial charge in [-0.3, -0.25) is 4.90 Å². The van der Waals surface area contributed by atoms with Crippen LogP contribution in [0.1, 0.15) is 63.3 Å². The van der Waals surface area contributed by atoms with Gasteiger partial charge in [0.05, 0.1) is 4.90 Å². The SMILES string of the molecule is Cc1ccc(CCC(C)(C)N2Cc3ccc(S(C)(=O)=O)cc3C2)cc1OC(C)(C)C. The van der Waals surface area contributed by atoms with Crippen molar-refractivity contribution in [1.82, 2.24) is 4.90 Å². The van der Waals surface area contributed by atoms with Crippen molar-refractivity contribution in [2.75, 3.05) is 6.26 Å². The van der Waals surface area contributed by atoms with Crippen molar-refractivity contribution in [3.63, 3.8) is 0 Å². The highest BCUT2D eigenvalue weighted by molar-refractivity contribution is 7.90. The van der Waals surface area contributed by atoms with Gasteiger partial charge in [0.15, 0.2) is 9.84 Å². The average Bonchev–Trinajstić information content (AvgIpc) is 3.05. The molecule has 0 aromatic heterocycles. The molecule has 1 aliphatic heterocycles. The number of benzene rings is 2. The zero-order valence-corrected chi connectivity index (χ0v) is 20.2. The van der Waals surface area contributed by atoms with Crippen LogP contribution in [0.3, 0.4) is 0 Å². The molecule has 30 heavy (non-hydrogen) atoms. The summed E-state index contributed by atoms with van der Waals surface area (Å²) in [4.78, 5) is 2.86. The summed E-state index contributed by atoms with van der Waals surface area (Å²) in [6.45, 7) is 14.5. The molecule has 0 saturated carbocycles. The second-order valence-corrected chi connectivity index (χ2v) is 12.2. The molecule has 2 aromatic carbocycles. The van der Waals surface area contributed by atoms with Gasteiger partial charge in [0.2, 0.25) is 0 Å². The summed E-state index contributed by atoms with van der Waals surface area (Å²) in [6, 6.07) is 12.1. The molecule has 4 nitrogen and oxygen atoms in total. The highest BCUT2D eigenvalue weighted by atomic mass is 32.2. The predicted octanol–water partition coefficient (Wildman–Crippen LogP) is 5.30. The third kappa shape index (κ3) is 5.44. The minimum atomic E-state index is -3.17. The van der Waals surface area contributed by atoms with E-state index in [0.717, 1.165) is 42.8 Å². The maximum absolute atomic E-state index is 11.9. The highest BCUT2D eigenvalue weighted by Gasteiger charge is 2.32. The fourth-order valence-electron chi connectivity index (χ4n) is 3.88. The zero-order chi connectivity index (χ0) is 22.3. The summed E-state index contributed by atoms with van der Waals surface area (Å²) < 4.78 is 29.9.